The molecule has 0 aromatic rings. The summed E-state index contributed by atoms with van der Waals surface area (Å²) in [6.07, 6.45) is 2.03. The molecule has 0 radical (unpaired) electrons. The molecule has 1 fully saturated rings. The third-order valence-electron chi connectivity index (χ3n) is 2.07. The van der Waals surface area contributed by atoms with Crippen molar-refractivity contribution >= 4 is 0 Å². The average molecular weight is 115 g/mol. The van der Waals surface area contributed by atoms with E-state index in [4.69, 9.17) is 10.8 Å². The first-order chi connectivity index (χ1) is 3.69. The van der Waals surface area contributed by atoms with Gasteiger partial charge in [-0.15, -0.1) is 0 Å². The van der Waals surface area contributed by atoms with E-state index in [1.54, 1.807) is 0 Å². The summed E-state index contributed by atoms with van der Waals surface area (Å²) in [6.45, 7) is 2.49. The highest BCUT2D eigenvalue weighted by atomic mass is 16.3. The van der Waals surface area contributed by atoms with Crippen molar-refractivity contribution in [1.82, 2.24) is 0 Å². The van der Waals surface area contributed by atoms with E-state index in [9.17, 15) is 0 Å². The minimum atomic E-state index is -0.262. The molecule has 1 atom stereocenters. The van der Waals surface area contributed by atoms with Gasteiger partial charge in [-0.1, -0.05) is 6.92 Å². The van der Waals surface area contributed by atoms with Gasteiger partial charge in [-0.05, 0) is 18.3 Å². The zero-order valence-corrected chi connectivity index (χ0v) is 5.22. The summed E-state index contributed by atoms with van der Waals surface area (Å²) in [5, 5.41) is 9.13. The van der Waals surface area contributed by atoms with Crippen LogP contribution in [0.5, 0.6) is 0 Å². The van der Waals surface area contributed by atoms with E-state index in [2.05, 4.69) is 6.92 Å². The van der Waals surface area contributed by atoms with Gasteiger partial charge in [0.2, 0.25) is 0 Å². The van der Waals surface area contributed by atoms with Gasteiger partial charge in [-0.3, -0.25) is 0 Å². The summed E-state index contributed by atoms with van der Waals surface area (Å²) in [6, 6.07) is 0. The van der Waals surface area contributed by atoms with Crippen molar-refractivity contribution in [3.05, 3.63) is 0 Å². The molecule has 0 unspecified atom stereocenters. The van der Waals surface area contributed by atoms with Gasteiger partial charge in [0.1, 0.15) is 0 Å². The van der Waals surface area contributed by atoms with E-state index >= 15 is 0 Å². The van der Waals surface area contributed by atoms with Crippen LogP contribution in [0, 0.1) is 5.41 Å². The normalized spacial score (nSPS) is 27.4. The van der Waals surface area contributed by atoms with Gasteiger partial charge in [0, 0.05) is 6.54 Å². The average Bonchev–Trinajstić information content (AvgIpc) is 2.47. The Labute approximate surface area is 49.7 Å². The molecule has 3 N–H and O–H groups in total. The van der Waals surface area contributed by atoms with Crippen molar-refractivity contribution in [1.29, 1.82) is 0 Å². The maximum Gasteiger partial charge on any atom is 0.0715 e. The molecule has 1 saturated carbocycles. The van der Waals surface area contributed by atoms with Crippen LogP contribution in [0.2, 0.25) is 0 Å². The lowest BCUT2D eigenvalue weighted by atomic mass is 10.0. The number of hydrogen-bond acceptors (Lipinski definition) is 2. The molecule has 2 heteroatoms. The molecule has 1 aliphatic rings. The topological polar surface area (TPSA) is 46.2 Å². The second-order valence-corrected chi connectivity index (χ2v) is 2.91. The maximum absolute atomic E-state index is 9.13. The molecule has 0 saturated heterocycles. The highest BCUT2D eigenvalue weighted by Crippen LogP contribution is 2.47. The third-order valence-corrected chi connectivity index (χ3v) is 2.07. The molecule has 0 amide bonds. The highest BCUT2D eigenvalue weighted by molar-refractivity contribution is 4.94. The van der Waals surface area contributed by atoms with Crippen LogP contribution < -0.4 is 5.73 Å². The van der Waals surface area contributed by atoms with E-state index in [1.807, 2.05) is 0 Å². The van der Waals surface area contributed by atoms with E-state index in [0.29, 0.717) is 6.54 Å². The van der Waals surface area contributed by atoms with Gasteiger partial charge in [0.05, 0.1) is 6.10 Å². The second-order valence-electron chi connectivity index (χ2n) is 2.91. The lowest BCUT2D eigenvalue weighted by Crippen LogP contribution is -2.27. The quantitative estimate of drug-likeness (QED) is 0.536. The zero-order valence-electron chi connectivity index (χ0n) is 5.22. The van der Waals surface area contributed by atoms with Gasteiger partial charge in [0.25, 0.3) is 0 Å². The summed E-state index contributed by atoms with van der Waals surface area (Å²) in [5.41, 5.74) is 5.44. The second kappa shape index (κ2) is 1.71. The number of hydrogen-bond donors (Lipinski definition) is 2. The molecule has 48 valence electrons. The predicted octanol–water partition coefficient (Wildman–Crippen LogP) is 0.106. The van der Waals surface area contributed by atoms with Crippen LogP contribution in [0.3, 0.4) is 0 Å². The number of rotatable bonds is 2. The van der Waals surface area contributed by atoms with Crippen molar-refractivity contribution < 1.29 is 5.11 Å². The van der Waals surface area contributed by atoms with Crippen LogP contribution in [-0.4, -0.2) is 17.8 Å². The van der Waals surface area contributed by atoms with Crippen molar-refractivity contribution in [2.45, 2.75) is 25.9 Å². The van der Waals surface area contributed by atoms with Crippen LogP contribution in [0.1, 0.15) is 19.8 Å². The lowest BCUT2D eigenvalue weighted by molar-refractivity contribution is 0.111. The van der Waals surface area contributed by atoms with Crippen LogP contribution in [0.4, 0.5) is 0 Å². The summed E-state index contributed by atoms with van der Waals surface area (Å²) >= 11 is 0. The van der Waals surface area contributed by atoms with Crippen LogP contribution in [0.25, 0.3) is 0 Å². The van der Waals surface area contributed by atoms with E-state index in [-0.39, 0.29) is 11.5 Å². The fourth-order valence-corrected chi connectivity index (χ4v) is 0.815. The molecule has 0 aliphatic heterocycles. The Bertz CT molecular complexity index is 88.5. The minimum absolute atomic E-state index is 0.189. The van der Waals surface area contributed by atoms with Crippen molar-refractivity contribution in [2.75, 3.05) is 6.54 Å². The molecule has 0 aromatic carbocycles. The lowest BCUT2D eigenvalue weighted by Gasteiger charge is -2.13. The van der Waals surface area contributed by atoms with Crippen LogP contribution in [0.15, 0.2) is 0 Å². The van der Waals surface area contributed by atoms with Crippen LogP contribution in [-0.2, 0) is 0 Å². The fourth-order valence-electron chi connectivity index (χ4n) is 0.815. The van der Waals surface area contributed by atoms with Crippen molar-refractivity contribution in [3.63, 3.8) is 0 Å². The Morgan fingerprint density at radius 3 is 2.38 bits per heavy atom. The van der Waals surface area contributed by atoms with Crippen molar-refractivity contribution in [3.8, 4) is 0 Å². The number of nitrogens with two attached hydrogens (primary N) is 1. The molecule has 0 bridgehead atoms. The SMILES string of the molecule is CC1([C@H](O)CN)CC1. The summed E-state index contributed by atoms with van der Waals surface area (Å²) in [4.78, 5) is 0. The number of aliphatic hydroxyl groups is 1. The molecule has 2 nitrogen and oxygen atoms in total. The van der Waals surface area contributed by atoms with E-state index in [0.717, 1.165) is 12.8 Å². The molecule has 0 aromatic heterocycles. The largest absolute Gasteiger partial charge is 0.391 e. The Balaban J connectivity index is 2.34. The molecule has 0 heterocycles. The first-order valence-electron chi connectivity index (χ1n) is 3.07. The molecule has 1 aliphatic carbocycles. The van der Waals surface area contributed by atoms with Gasteiger partial charge >= 0.3 is 0 Å². The molecule has 8 heavy (non-hydrogen) atoms. The summed E-state index contributed by atoms with van der Waals surface area (Å²) in [7, 11) is 0. The zero-order chi connectivity index (χ0) is 6.20. The van der Waals surface area contributed by atoms with E-state index < -0.39 is 0 Å². The predicted molar refractivity (Wildman–Crippen MR) is 32.4 cm³/mol. The summed E-state index contributed by atoms with van der Waals surface area (Å²) < 4.78 is 0. The van der Waals surface area contributed by atoms with Gasteiger partial charge in [-0.25, -0.2) is 0 Å². The monoisotopic (exact) mass is 115 g/mol. The highest BCUT2D eigenvalue weighted by Gasteiger charge is 2.43. The first-order valence-corrected chi connectivity index (χ1v) is 3.07. The van der Waals surface area contributed by atoms with Gasteiger partial charge in [0.15, 0.2) is 0 Å². The van der Waals surface area contributed by atoms with Crippen LogP contribution >= 0.6 is 0 Å². The minimum Gasteiger partial charge on any atom is -0.391 e. The maximum atomic E-state index is 9.13. The molecule has 0 spiro atoms. The Morgan fingerprint density at radius 1 is 1.75 bits per heavy atom. The van der Waals surface area contributed by atoms with Crippen molar-refractivity contribution in [2.24, 2.45) is 11.1 Å². The first kappa shape index (κ1) is 6.05. The fraction of sp³-hybridized carbons (Fsp3) is 1.00. The Kier molecular flexibility index (Phi) is 1.29. The van der Waals surface area contributed by atoms with E-state index in [1.165, 1.54) is 0 Å². The molecule has 1 rings (SSSR count). The summed E-state index contributed by atoms with van der Waals surface area (Å²) in [5.74, 6) is 0. The smallest absolute Gasteiger partial charge is 0.0715 e. The third kappa shape index (κ3) is 0.858. The van der Waals surface area contributed by atoms with Gasteiger partial charge in [-0.2, -0.15) is 0 Å². The number of aliphatic hydroxyl groups excluding tert-OH is 1. The Morgan fingerprint density at radius 2 is 2.25 bits per heavy atom. The molecular weight excluding hydrogens is 102 g/mol. The van der Waals surface area contributed by atoms with Gasteiger partial charge < -0.3 is 10.8 Å². The standard InChI is InChI=1S/C6H13NO/c1-6(2-3-6)5(8)4-7/h5,8H,2-4,7H2,1H3/t5-/m1/s1. The molecular formula is C6H13NO. The Hall–Kier alpha value is -0.0800.